The Labute approximate surface area is 148 Å². The molecule has 0 unspecified atom stereocenters. The molecule has 0 saturated carbocycles. The van der Waals surface area contributed by atoms with Crippen molar-refractivity contribution in [3.63, 3.8) is 0 Å². The number of hydrogen-bond acceptors (Lipinski definition) is 4. The van der Waals surface area contributed by atoms with Crippen LogP contribution in [-0.2, 0) is 6.54 Å². The maximum atomic E-state index is 13.0. The smallest absolute Gasteiger partial charge is 0.263 e. The van der Waals surface area contributed by atoms with Crippen molar-refractivity contribution in [1.29, 1.82) is 5.26 Å². The zero-order valence-electron chi connectivity index (χ0n) is 13.2. The molecule has 0 bridgehead atoms. The second-order valence-electron chi connectivity index (χ2n) is 5.64. The van der Waals surface area contributed by atoms with Crippen LogP contribution in [0, 0.1) is 11.3 Å². The van der Waals surface area contributed by atoms with Crippen molar-refractivity contribution in [2.75, 3.05) is 0 Å². The molecule has 0 atom stereocenters. The fourth-order valence-electron chi connectivity index (χ4n) is 2.86. The second-order valence-corrected chi connectivity index (χ2v) is 6.50. The largest absolute Gasteiger partial charge is 0.294 e. The molecule has 2 aromatic carbocycles. The summed E-state index contributed by atoms with van der Waals surface area (Å²) in [4.78, 5) is 18.2. The Morgan fingerprint density at radius 1 is 1.08 bits per heavy atom. The van der Waals surface area contributed by atoms with Gasteiger partial charge >= 0.3 is 0 Å². The summed E-state index contributed by atoms with van der Waals surface area (Å²) < 4.78 is 1.57. The van der Waals surface area contributed by atoms with E-state index in [1.165, 1.54) is 11.3 Å². The van der Waals surface area contributed by atoms with Crippen molar-refractivity contribution in [1.82, 2.24) is 9.55 Å². The van der Waals surface area contributed by atoms with Gasteiger partial charge in [-0.15, -0.1) is 11.3 Å². The third-order valence-corrected chi connectivity index (χ3v) is 5.01. The molecule has 25 heavy (non-hydrogen) atoms. The molecular formula is C20H13N3OS. The van der Waals surface area contributed by atoms with Crippen molar-refractivity contribution in [3.8, 4) is 17.2 Å². The van der Waals surface area contributed by atoms with Gasteiger partial charge in [0.15, 0.2) is 0 Å². The first kappa shape index (κ1) is 15.3. The molecular weight excluding hydrogens is 330 g/mol. The van der Waals surface area contributed by atoms with Crippen LogP contribution in [0.4, 0.5) is 0 Å². The van der Waals surface area contributed by atoms with Gasteiger partial charge in [-0.3, -0.25) is 9.36 Å². The number of benzene rings is 2. The zero-order valence-corrected chi connectivity index (χ0v) is 14.0. The maximum absolute atomic E-state index is 13.0. The van der Waals surface area contributed by atoms with Gasteiger partial charge in [-0.05, 0) is 17.2 Å². The molecule has 0 aliphatic rings. The Morgan fingerprint density at radius 2 is 1.84 bits per heavy atom. The molecule has 0 fully saturated rings. The molecule has 0 spiro atoms. The molecule has 0 amide bonds. The highest BCUT2D eigenvalue weighted by Crippen LogP contribution is 2.30. The van der Waals surface area contributed by atoms with Crippen LogP contribution in [0.5, 0.6) is 0 Å². The van der Waals surface area contributed by atoms with Crippen LogP contribution in [0.3, 0.4) is 0 Å². The zero-order chi connectivity index (χ0) is 17.2. The average molecular weight is 343 g/mol. The summed E-state index contributed by atoms with van der Waals surface area (Å²) in [6.45, 7) is 0.329. The summed E-state index contributed by atoms with van der Waals surface area (Å²) in [5, 5.41) is 11.9. The first-order valence-corrected chi connectivity index (χ1v) is 8.66. The van der Waals surface area contributed by atoms with Crippen LogP contribution in [0.25, 0.3) is 21.3 Å². The molecule has 2 heterocycles. The van der Waals surface area contributed by atoms with Crippen LogP contribution in [0.2, 0.25) is 0 Å². The summed E-state index contributed by atoms with van der Waals surface area (Å²) in [6, 6.07) is 19.3. The molecule has 4 rings (SSSR count). The van der Waals surface area contributed by atoms with Gasteiger partial charge in [-0.2, -0.15) is 5.26 Å². The third-order valence-electron chi connectivity index (χ3n) is 4.12. The standard InChI is InChI=1S/C20H13N3OS/c21-10-15-8-4-5-9-16(15)11-23-13-22-19-18(20(23)24)17(12-25-19)14-6-2-1-3-7-14/h1-9,12-13H,11H2. The Morgan fingerprint density at radius 3 is 2.64 bits per heavy atom. The van der Waals surface area contributed by atoms with E-state index in [0.717, 1.165) is 21.5 Å². The van der Waals surface area contributed by atoms with Gasteiger partial charge in [0.05, 0.1) is 29.9 Å². The number of aromatic nitrogens is 2. The fraction of sp³-hybridized carbons (Fsp3) is 0.0500. The summed E-state index contributed by atoms with van der Waals surface area (Å²) in [6.07, 6.45) is 1.56. The Hall–Kier alpha value is -3.23. The van der Waals surface area contributed by atoms with Gasteiger partial charge in [0.1, 0.15) is 4.83 Å². The van der Waals surface area contributed by atoms with Gasteiger partial charge < -0.3 is 0 Å². The van der Waals surface area contributed by atoms with E-state index in [4.69, 9.17) is 0 Å². The van der Waals surface area contributed by atoms with E-state index in [2.05, 4.69) is 11.1 Å². The molecule has 0 N–H and O–H groups in total. The lowest BCUT2D eigenvalue weighted by Crippen LogP contribution is -2.21. The number of thiophene rings is 1. The normalized spacial score (nSPS) is 10.7. The lowest BCUT2D eigenvalue weighted by molar-refractivity contribution is 0.748. The van der Waals surface area contributed by atoms with E-state index in [1.807, 2.05) is 53.9 Å². The lowest BCUT2D eigenvalue weighted by Gasteiger charge is -2.08. The molecule has 4 nitrogen and oxygen atoms in total. The number of nitrogens with zero attached hydrogens (tertiary/aromatic N) is 3. The quantitative estimate of drug-likeness (QED) is 0.564. The molecule has 0 saturated heterocycles. The summed E-state index contributed by atoms with van der Waals surface area (Å²) >= 11 is 1.47. The second kappa shape index (κ2) is 6.34. The van der Waals surface area contributed by atoms with E-state index >= 15 is 0 Å². The molecule has 5 heteroatoms. The van der Waals surface area contributed by atoms with E-state index in [9.17, 15) is 10.1 Å². The Bertz CT molecular complexity index is 1150. The molecule has 0 radical (unpaired) electrons. The lowest BCUT2D eigenvalue weighted by atomic mass is 10.1. The van der Waals surface area contributed by atoms with Crippen LogP contribution < -0.4 is 5.56 Å². The minimum absolute atomic E-state index is 0.0853. The van der Waals surface area contributed by atoms with Crippen molar-refractivity contribution in [3.05, 3.63) is 87.8 Å². The molecule has 0 aliphatic heterocycles. The number of nitriles is 1. The van der Waals surface area contributed by atoms with E-state index in [1.54, 1.807) is 17.0 Å². The first-order valence-electron chi connectivity index (χ1n) is 7.78. The highest BCUT2D eigenvalue weighted by molar-refractivity contribution is 7.17. The predicted octanol–water partition coefficient (Wildman–Crippen LogP) is 4.04. The van der Waals surface area contributed by atoms with Gasteiger partial charge in [-0.1, -0.05) is 48.5 Å². The average Bonchev–Trinajstić information content (AvgIpc) is 3.10. The van der Waals surface area contributed by atoms with E-state index in [-0.39, 0.29) is 5.56 Å². The van der Waals surface area contributed by atoms with E-state index < -0.39 is 0 Å². The minimum Gasteiger partial charge on any atom is -0.294 e. The van der Waals surface area contributed by atoms with Gasteiger partial charge in [0.25, 0.3) is 5.56 Å². The van der Waals surface area contributed by atoms with Crippen molar-refractivity contribution < 1.29 is 0 Å². The number of rotatable bonds is 3. The number of fused-ring (bicyclic) bond motifs is 1. The molecule has 0 aliphatic carbocycles. The van der Waals surface area contributed by atoms with Crippen molar-refractivity contribution in [2.24, 2.45) is 0 Å². The van der Waals surface area contributed by atoms with Crippen LogP contribution >= 0.6 is 11.3 Å². The fourth-order valence-corrected chi connectivity index (χ4v) is 3.77. The van der Waals surface area contributed by atoms with Crippen molar-refractivity contribution >= 4 is 21.6 Å². The molecule has 4 aromatic rings. The minimum atomic E-state index is -0.0853. The third kappa shape index (κ3) is 2.73. The Kier molecular flexibility index (Phi) is 3.88. The maximum Gasteiger partial charge on any atom is 0.263 e. The number of hydrogen-bond donors (Lipinski definition) is 0. The highest BCUT2D eigenvalue weighted by Gasteiger charge is 2.13. The van der Waals surface area contributed by atoms with Gasteiger partial charge in [-0.25, -0.2) is 4.98 Å². The Balaban J connectivity index is 1.86. The van der Waals surface area contributed by atoms with E-state index in [0.29, 0.717) is 17.5 Å². The summed E-state index contributed by atoms with van der Waals surface area (Å²) in [7, 11) is 0. The predicted molar refractivity (Wildman–Crippen MR) is 99.6 cm³/mol. The summed E-state index contributed by atoms with van der Waals surface area (Å²) in [5.74, 6) is 0. The van der Waals surface area contributed by atoms with Crippen LogP contribution in [0.15, 0.2) is 71.1 Å². The van der Waals surface area contributed by atoms with Crippen molar-refractivity contribution in [2.45, 2.75) is 6.54 Å². The summed E-state index contributed by atoms with van der Waals surface area (Å²) in [5.41, 5.74) is 3.20. The van der Waals surface area contributed by atoms with Crippen LogP contribution in [-0.4, -0.2) is 9.55 Å². The molecule has 120 valence electrons. The molecule has 2 aromatic heterocycles. The van der Waals surface area contributed by atoms with Gasteiger partial charge in [0.2, 0.25) is 0 Å². The highest BCUT2D eigenvalue weighted by atomic mass is 32.1. The van der Waals surface area contributed by atoms with Gasteiger partial charge in [0, 0.05) is 10.9 Å². The SMILES string of the molecule is N#Cc1ccccc1Cn1cnc2scc(-c3ccccc3)c2c1=O. The van der Waals surface area contributed by atoms with Crippen LogP contribution in [0.1, 0.15) is 11.1 Å². The monoisotopic (exact) mass is 343 g/mol. The topological polar surface area (TPSA) is 58.7 Å². The first-order chi connectivity index (χ1) is 12.3.